The average molecular weight is 477 g/mol. The van der Waals surface area contributed by atoms with Gasteiger partial charge >= 0.3 is 0 Å². The summed E-state index contributed by atoms with van der Waals surface area (Å²) in [6.45, 7) is 3.79. The second-order valence-corrected chi connectivity index (χ2v) is 8.93. The Morgan fingerprint density at radius 1 is 1.15 bits per heavy atom. The summed E-state index contributed by atoms with van der Waals surface area (Å²) in [5, 5.41) is 21.2. The minimum absolute atomic E-state index is 0.0927. The van der Waals surface area contributed by atoms with Crippen LogP contribution in [0.15, 0.2) is 72.8 Å². The molecule has 5 heteroatoms. The van der Waals surface area contributed by atoms with Gasteiger partial charge in [0.2, 0.25) is 0 Å². The fraction of sp³-hybridized carbons (Fsp3) is 0.286. The van der Waals surface area contributed by atoms with Crippen LogP contribution < -0.4 is 4.74 Å². The predicted molar refractivity (Wildman–Crippen MR) is 135 cm³/mol. The zero-order chi connectivity index (χ0) is 23.8. The van der Waals surface area contributed by atoms with Crippen LogP contribution in [0.4, 0.5) is 0 Å². The van der Waals surface area contributed by atoms with Gasteiger partial charge in [0, 0.05) is 22.4 Å². The van der Waals surface area contributed by atoms with Gasteiger partial charge < -0.3 is 4.74 Å². The van der Waals surface area contributed by atoms with Gasteiger partial charge in [-0.15, -0.1) is 6.58 Å². The van der Waals surface area contributed by atoms with Crippen LogP contribution in [0.1, 0.15) is 42.7 Å². The second kappa shape index (κ2) is 11.2. The molecule has 0 saturated heterocycles. The van der Waals surface area contributed by atoms with Gasteiger partial charge in [0.15, 0.2) is 5.41 Å². The van der Waals surface area contributed by atoms with Crippen molar-refractivity contribution in [2.24, 2.45) is 11.3 Å². The highest BCUT2D eigenvalue weighted by atomic mass is 35.5. The van der Waals surface area contributed by atoms with Gasteiger partial charge in [-0.3, -0.25) is 0 Å². The minimum atomic E-state index is -1.26. The Labute approximate surface area is 206 Å². The number of halogens is 2. The standard InChI is InChI=1S/C28H26Cl2N2O/c1-3-17-28(18-31,19-32)24-8-5-4-7-22(24)23(27-25(29)9-6-10-26(27)30)16-13-20-11-14-21(33-2)15-12-20/h3,6,8-16,22-23H,1,4-5,7,17H2,2H3/b16-13+/t22-,23?/m0/s1. The van der Waals surface area contributed by atoms with E-state index in [1.165, 1.54) is 0 Å². The van der Waals surface area contributed by atoms with Gasteiger partial charge in [0.05, 0.1) is 19.2 Å². The molecule has 0 aromatic heterocycles. The Hall–Kier alpha value is -2.98. The van der Waals surface area contributed by atoms with Crippen LogP contribution in [0.25, 0.3) is 6.08 Å². The first-order valence-electron chi connectivity index (χ1n) is 10.9. The Morgan fingerprint density at radius 2 is 1.82 bits per heavy atom. The normalized spacial score (nSPS) is 17.0. The first-order chi connectivity index (χ1) is 16.0. The van der Waals surface area contributed by atoms with E-state index in [4.69, 9.17) is 27.9 Å². The summed E-state index contributed by atoms with van der Waals surface area (Å²) in [7, 11) is 1.64. The van der Waals surface area contributed by atoms with Gasteiger partial charge in [0.1, 0.15) is 5.75 Å². The quantitative estimate of drug-likeness (QED) is 0.361. The molecule has 33 heavy (non-hydrogen) atoms. The average Bonchev–Trinajstić information content (AvgIpc) is 2.85. The summed E-state index contributed by atoms with van der Waals surface area (Å²) in [6.07, 6.45) is 10.7. The summed E-state index contributed by atoms with van der Waals surface area (Å²) < 4.78 is 5.25. The number of hydrogen-bond donors (Lipinski definition) is 0. The summed E-state index contributed by atoms with van der Waals surface area (Å²) in [4.78, 5) is 0. The molecule has 2 aromatic carbocycles. The number of ether oxygens (including phenoxy) is 1. The van der Waals surface area contributed by atoms with Crippen molar-refractivity contribution in [3.63, 3.8) is 0 Å². The Kier molecular flexibility index (Phi) is 8.40. The highest BCUT2D eigenvalue weighted by Gasteiger charge is 2.42. The molecular formula is C28H26Cl2N2O. The monoisotopic (exact) mass is 476 g/mol. The van der Waals surface area contributed by atoms with E-state index < -0.39 is 5.41 Å². The van der Waals surface area contributed by atoms with Gasteiger partial charge in [0.25, 0.3) is 0 Å². The van der Waals surface area contributed by atoms with Gasteiger partial charge in [-0.2, -0.15) is 10.5 Å². The third-order valence-electron chi connectivity index (χ3n) is 6.19. The zero-order valence-corrected chi connectivity index (χ0v) is 20.1. The van der Waals surface area contributed by atoms with Crippen molar-refractivity contribution in [2.75, 3.05) is 7.11 Å². The maximum atomic E-state index is 10.1. The van der Waals surface area contributed by atoms with Crippen LogP contribution in [0.3, 0.4) is 0 Å². The van der Waals surface area contributed by atoms with Crippen molar-refractivity contribution < 1.29 is 4.74 Å². The molecule has 0 aliphatic heterocycles. The molecule has 2 atom stereocenters. The molecule has 3 rings (SSSR count). The highest BCUT2D eigenvalue weighted by molar-refractivity contribution is 6.36. The van der Waals surface area contributed by atoms with Crippen molar-refractivity contribution in [3.8, 4) is 17.9 Å². The summed E-state index contributed by atoms with van der Waals surface area (Å²) in [5.41, 5.74) is 1.39. The van der Waals surface area contributed by atoms with Crippen molar-refractivity contribution in [1.29, 1.82) is 10.5 Å². The van der Waals surface area contributed by atoms with E-state index in [0.717, 1.165) is 41.7 Å². The number of nitriles is 2. The van der Waals surface area contributed by atoms with Crippen molar-refractivity contribution in [3.05, 3.63) is 94.0 Å². The largest absolute Gasteiger partial charge is 0.497 e. The molecule has 0 fully saturated rings. The molecule has 3 nitrogen and oxygen atoms in total. The maximum absolute atomic E-state index is 10.1. The van der Waals surface area contributed by atoms with E-state index in [9.17, 15) is 10.5 Å². The molecule has 1 aliphatic carbocycles. The summed E-state index contributed by atoms with van der Waals surface area (Å²) in [5.74, 6) is 0.489. The molecule has 1 unspecified atom stereocenters. The summed E-state index contributed by atoms with van der Waals surface area (Å²) in [6, 6.07) is 17.8. The van der Waals surface area contributed by atoms with E-state index >= 15 is 0 Å². The third-order valence-corrected chi connectivity index (χ3v) is 6.85. The molecule has 0 heterocycles. The summed E-state index contributed by atoms with van der Waals surface area (Å²) >= 11 is 13.3. The van der Waals surface area contributed by atoms with Gasteiger partial charge in [-0.1, -0.05) is 65.7 Å². The van der Waals surface area contributed by atoms with E-state index in [1.54, 1.807) is 13.2 Å². The van der Waals surface area contributed by atoms with Crippen LogP contribution in [-0.4, -0.2) is 7.11 Å². The first-order valence-corrected chi connectivity index (χ1v) is 11.7. The van der Waals surface area contributed by atoms with Crippen LogP contribution >= 0.6 is 23.2 Å². The molecule has 0 spiro atoms. The zero-order valence-electron chi connectivity index (χ0n) is 18.6. The second-order valence-electron chi connectivity index (χ2n) is 8.11. The molecule has 0 bridgehead atoms. The van der Waals surface area contributed by atoms with Crippen molar-refractivity contribution in [1.82, 2.24) is 0 Å². The smallest absolute Gasteiger partial charge is 0.168 e. The Balaban J connectivity index is 2.13. The van der Waals surface area contributed by atoms with Crippen LogP contribution in [-0.2, 0) is 0 Å². The maximum Gasteiger partial charge on any atom is 0.168 e. The lowest BCUT2D eigenvalue weighted by atomic mass is 9.65. The Bertz CT molecular complexity index is 1100. The number of allylic oxidation sites excluding steroid dienone is 4. The van der Waals surface area contributed by atoms with Gasteiger partial charge in [-0.25, -0.2) is 0 Å². The van der Waals surface area contributed by atoms with E-state index in [1.807, 2.05) is 48.5 Å². The number of benzene rings is 2. The Morgan fingerprint density at radius 3 is 2.39 bits per heavy atom. The fourth-order valence-electron chi connectivity index (χ4n) is 4.54. The molecule has 0 amide bonds. The van der Waals surface area contributed by atoms with E-state index in [2.05, 4.69) is 30.9 Å². The lowest BCUT2D eigenvalue weighted by Crippen LogP contribution is -2.29. The fourth-order valence-corrected chi connectivity index (χ4v) is 5.19. The number of nitrogens with zero attached hydrogens (tertiary/aromatic N) is 2. The van der Waals surface area contributed by atoms with Crippen LogP contribution in [0, 0.1) is 34.0 Å². The van der Waals surface area contributed by atoms with E-state index in [-0.39, 0.29) is 18.3 Å². The SMILES string of the molecule is C=CCC(C#N)(C#N)C1=CCCC[C@H]1C(/C=C/c1ccc(OC)cc1)c1c(Cl)cccc1Cl. The topological polar surface area (TPSA) is 56.8 Å². The minimum Gasteiger partial charge on any atom is -0.497 e. The van der Waals surface area contributed by atoms with Crippen LogP contribution in [0.2, 0.25) is 10.0 Å². The number of methoxy groups -OCH3 is 1. The van der Waals surface area contributed by atoms with Gasteiger partial charge in [-0.05, 0) is 66.1 Å². The van der Waals surface area contributed by atoms with E-state index in [0.29, 0.717) is 10.0 Å². The molecule has 0 radical (unpaired) electrons. The number of hydrogen-bond acceptors (Lipinski definition) is 3. The predicted octanol–water partition coefficient (Wildman–Crippen LogP) is 8.14. The molecule has 0 saturated carbocycles. The molecule has 2 aromatic rings. The molecule has 1 aliphatic rings. The van der Waals surface area contributed by atoms with Crippen molar-refractivity contribution >= 4 is 29.3 Å². The number of rotatable bonds is 8. The molecular weight excluding hydrogens is 451 g/mol. The highest BCUT2D eigenvalue weighted by Crippen LogP contribution is 2.49. The van der Waals surface area contributed by atoms with Crippen LogP contribution in [0.5, 0.6) is 5.75 Å². The lowest BCUT2D eigenvalue weighted by molar-refractivity contribution is 0.406. The lowest BCUT2D eigenvalue weighted by Gasteiger charge is -2.36. The first kappa shape index (κ1) is 24.7. The van der Waals surface area contributed by atoms with Crippen molar-refractivity contribution in [2.45, 2.75) is 31.6 Å². The molecule has 0 N–H and O–H groups in total. The molecule has 168 valence electrons. The third kappa shape index (κ3) is 5.33.